The molecule has 1 saturated heterocycles. The molecule has 5 rings (SSSR count). The van der Waals surface area contributed by atoms with E-state index in [0.29, 0.717) is 37.4 Å². The molecular weight excluding hydrogens is 470 g/mol. The average Bonchev–Trinajstić information content (AvgIpc) is 3.40. The second-order valence-electron chi connectivity index (χ2n) is 9.57. The number of benzene rings is 2. The van der Waals surface area contributed by atoms with E-state index in [4.69, 9.17) is 4.74 Å². The van der Waals surface area contributed by atoms with Gasteiger partial charge in [-0.25, -0.2) is 0 Å². The molecule has 188 valence electrons. The van der Waals surface area contributed by atoms with Crippen molar-refractivity contribution in [2.75, 3.05) is 39.8 Å². The van der Waals surface area contributed by atoms with Crippen molar-refractivity contribution in [2.45, 2.75) is 31.8 Å². The molecule has 1 fully saturated rings. The topological polar surface area (TPSA) is 53.1 Å². The molecule has 0 aliphatic carbocycles. The maximum absolute atomic E-state index is 13.2. The molecule has 0 spiro atoms. The number of nitrogens with zero attached hydrogens (tertiary/aromatic N) is 3. The number of fused-ring (bicyclic) bond motifs is 1. The molecule has 3 aromatic rings. The van der Waals surface area contributed by atoms with Gasteiger partial charge in [-0.15, -0.1) is 11.3 Å². The molecule has 2 aliphatic rings. The number of hydrogen-bond donors (Lipinski definition) is 0. The fourth-order valence-electron chi connectivity index (χ4n) is 5.44. The second kappa shape index (κ2) is 10.8. The first-order valence-electron chi connectivity index (χ1n) is 12.6. The lowest BCUT2D eigenvalue weighted by molar-refractivity contribution is -0.134. The van der Waals surface area contributed by atoms with Gasteiger partial charge in [0.1, 0.15) is 5.75 Å². The highest BCUT2D eigenvalue weighted by atomic mass is 32.1. The van der Waals surface area contributed by atoms with E-state index in [9.17, 15) is 9.59 Å². The fourth-order valence-corrected chi connectivity index (χ4v) is 6.34. The number of thiophene rings is 1. The Morgan fingerprint density at radius 1 is 1.03 bits per heavy atom. The summed E-state index contributed by atoms with van der Waals surface area (Å²) in [6, 6.07) is 20.3. The van der Waals surface area contributed by atoms with Crippen molar-refractivity contribution in [2.24, 2.45) is 0 Å². The summed E-state index contributed by atoms with van der Waals surface area (Å²) >= 11 is 1.83. The van der Waals surface area contributed by atoms with Gasteiger partial charge < -0.3 is 14.5 Å². The van der Waals surface area contributed by atoms with Crippen LogP contribution in [0.15, 0.2) is 66.0 Å². The zero-order valence-corrected chi connectivity index (χ0v) is 21.7. The highest BCUT2D eigenvalue weighted by Gasteiger charge is 2.32. The Morgan fingerprint density at radius 3 is 2.64 bits per heavy atom. The highest BCUT2D eigenvalue weighted by molar-refractivity contribution is 7.10. The molecule has 0 bridgehead atoms. The van der Waals surface area contributed by atoms with E-state index in [1.807, 2.05) is 46.3 Å². The molecule has 2 unspecified atom stereocenters. The molecule has 0 N–H and O–H groups in total. The lowest BCUT2D eigenvalue weighted by Crippen LogP contribution is -2.55. The first-order chi connectivity index (χ1) is 17.5. The van der Waals surface area contributed by atoms with E-state index in [2.05, 4.69) is 46.7 Å². The van der Waals surface area contributed by atoms with Crippen molar-refractivity contribution < 1.29 is 14.3 Å². The van der Waals surface area contributed by atoms with Crippen molar-refractivity contribution in [1.82, 2.24) is 14.7 Å². The summed E-state index contributed by atoms with van der Waals surface area (Å²) in [4.78, 5) is 34.0. The molecule has 6 nitrogen and oxygen atoms in total. The van der Waals surface area contributed by atoms with Crippen molar-refractivity contribution in [3.05, 3.63) is 87.6 Å². The Labute approximate surface area is 217 Å². The lowest BCUT2D eigenvalue weighted by Gasteiger charge is -2.41. The number of rotatable bonds is 6. The van der Waals surface area contributed by atoms with E-state index < -0.39 is 0 Å². The van der Waals surface area contributed by atoms with Crippen LogP contribution < -0.4 is 4.74 Å². The quantitative estimate of drug-likeness (QED) is 0.498. The number of ether oxygens (including phenoxy) is 1. The van der Waals surface area contributed by atoms with Gasteiger partial charge in [-0.2, -0.15) is 0 Å². The summed E-state index contributed by atoms with van der Waals surface area (Å²) in [7, 11) is 1.60. The van der Waals surface area contributed by atoms with Crippen LogP contribution in [0.3, 0.4) is 0 Å². The summed E-state index contributed by atoms with van der Waals surface area (Å²) in [6.07, 6.45) is 1.52. The van der Waals surface area contributed by atoms with Crippen molar-refractivity contribution in [3.8, 4) is 5.75 Å². The largest absolute Gasteiger partial charge is 0.497 e. The molecule has 2 aliphatic heterocycles. The van der Waals surface area contributed by atoms with Gasteiger partial charge in [-0.3, -0.25) is 14.5 Å². The fraction of sp³-hybridized carbons (Fsp3) is 0.379. The predicted molar refractivity (Wildman–Crippen MR) is 143 cm³/mol. The predicted octanol–water partition coefficient (Wildman–Crippen LogP) is 4.47. The summed E-state index contributed by atoms with van der Waals surface area (Å²) in [5.41, 5.74) is 3.27. The Morgan fingerprint density at radius 2 is 1.86 bits per heavy atom. The minimum absolute atomic E-state index is 0.0147. The maximum Gasteiger partial charge on any atom is 0.254 e. The molecule has 2 amide bonds. The molecule has 36 heavy (non-hydrogen) atoms. The zero-order valence-electron chi connectivity index (χ0n) is 20.9. The first kappa shape index (κ1) is 24.5. The number of carbonyl (C=O) groups is 2. The normalized spacial score (nSPS) is 20.2. The third-order valence-electron chi connectivity index (χ3n) is 7.35. The number of carbonyl (C=O) groups excluding carboxylic acids is 2. The highest BCUT2D eigenvalue weighted by Crippen LogP contribution is 2.37. The summed E-state index contributed by atoms with van der Waals surface area (Å²) in [6.45, 7) is 5.37. The summed E-state index contributed by atoms with van der Waals surface area (Å²) in [5.74, 6) is 0.820. The van der Waals surface area contributed by atoms with E-state index in [1.165, 1.54) is 16.0 Å². The van der Waals surface area contributed by atoms with Crippen LogP contribution in [0.2, 0.25) is 0 Å². The van der Waals surface area contributed by atoms with Gasteiger partial charge in [-0.1, -0.05) is 36.4 Å². The number of hydrogen-bond acceptors (Lipinski definition) is 5. The van der Waals surface area contributed by atoms with Crippen molar-refractivity contribution in [1.29, 1.82) is 0 Å². The van der Waals surface area contributed by atoms with Crippen LogP contribution in [0.25, 0.3) is 0 Å². The molecular formula is C29H33N3O3S. The number of amides is 2. The lowest BCUT2D eigenvalue weighted by atomic mass is 9.93. The molecule has 1 aromatic heterocycles. The monoisotopic (exact) mass is 503 g/mol. The average molecular weight is 504 g/mol. The smallest absolute Gasteiger partial charge is 0.254 e. The van der Waals surface area contributed by atoms with Crippen LogP contribution in [-0.2, 0) is 11.2 Å². The van der Waals surface area contributed by atoms with Crippen LogP contribution in [0.1, 0.15) is 45.7 Å². The van der Waals surface area contributed by atoms with E-state index in [0.717, 1.165) is 19.5 Å². The minimum atomic E-state index is -0.0400. The minimum Gasteiger partial charge on any atom is -0.497 e. The number of methoxy groups -OCH3 is 1. The van der Waals surface area contributed by atoms with E-state index >= 15 is 0 Å². The van der Waals surface area contributed by atoms with Gasteiger partial charge in [0.15, 0.2) is 0 Å². The van der Waals surface area contributed by atoms with Gasteiger partial charge >= 0.3 is 0 Å². The molecule has 2 aromatic carbocycles. The summed E-state index contributed by atoms with van der Waals surface area (Å²) in [5, 5.41) is 2.18. The third kappa shape index (κ3) is 5.04. The van der Waals surface area contributed by atoms with Crippen molar-refractivity contribution >= 4 is 23.2 Å². The van der Waals surface area contributed by atoms with Crippen LogP contribution in [-0.4, -0.2) is 72.4 Å². The van der Waals surface area contributed by atoms with Gasteiger partial charge in [0.2, 0.25) is 5.91 Å². The molecule has 2 atom stereocenters. The van der Waals surface area contributed by atoms with Gasteiger partial charge in [-0.05, 0) is 54.1 Å². The SMILES string of the molecule is COc1cccc(C(=O)N2CCN(C(=O)CCN3CCc4sccc4C3c3ccccc3)CC2C)c1. The Bertz CT molecular complexity index is 1210. The molecule has 7 heteroatoms. The van der Waals surface area contributed by atoms with Crippen LogP contribution in [0.4, 0.5) is 0 Å². The van der Waals surface area contributed by atoms with E-state index in [-0.39, 0.29) is 23.9 Å². The van der Waals surface area contributed by atoms with E-state index in [1.54, 1.807) is 13.2 Å². The number of piperazine rings is 1. The summed E-state index contributed by atoms with van der Waals surface area (Å²) < 4.78 is 5.27. The first-order valence-corrected chi connectivity index (χ1v) is 13.5. The Hall–Kier alpha value is -3.16. The zero-order chi connectivity index (χ0) is 25.1. The van der Waals surface area contributed by atoms with Crippen molar-refractivity contribution in [3.63, 3.8) is 0 Å². The van der Waals surface area contributed by atoms with Crippen LogP contribution >= 0.6 is 11.3 Å². The van der Waals surface area contributed by atoms with Gasteiger partial charge in [0, 0.05) is 55.6 Å². The van der Waals surface area contributed by atoms with Crippen LogP contribution in [0, 0.1) is 0 Å². The maximum atomic E-state index is 13.2. The van der Waals surface area contributed by atoms with Gasteiger partial charge in [0.25, 0.3) is 5.91 Å². The molecule has 0 radical (unpaired) electrons. The third-order valence-corrected chi connectivity index (χ3v) is 8.35. The standard InChI is InChI=1S/C29H33N3O3S/c1-21-20-31(16-17-32(21)29(34)23-9-6-10-24(19-23)35-2)27(33)12-15-30-14-11-26-25(13-18-36-26)28(30)22-7-4-3-5-8-22/h3-10,13,18-19,21,28H,11-12,14-17,20H2,1-2H3. The Kier molecular flexibility index (Phi) is 7.39. The Balaban J connectivity index is 1.20. The van der Waals surface area contributed by atoms with Crippen LogP contribution in [0.5, 0.6) is 5.75 Å². The second-order valence-corrected chi connectivity index (χ2v) is 10.6. The molecule has 0 saturated carbocycles. The molecule has 3 heterocycles. The van der Waals surface area contributed by atoms with Gasteiger partial charge in [0.05, 0.1) is 13.2 Å².